The van der Waals surface area contributed by atoms with Crippen LogP contribution in [0.5, 0.6) is 0 Å². The standard InChI is InChI=1S/C13H24N2O3/c1-9(16)14-10-6-5-7-15(8-10)11-12(17-11)18-13(2,3)4/h10-12H,5-8H2,1-4H3,(H,14,16)/t10-,11?,12?/m0/s1. The molecule has 104 valence electrons. The fourth-order valence-electron chi connectivity index (χ4n) is 2.43. The normalized spacial score (nSPS) is 33.2. The van der Waals surface area contributed by atoms with Crippen LogP contribution in [0.2, 0.25) is 0 Å². The average Bonchev–Trinajstić information content (AvgIpc) is 2.93. The first-order valence-corrected chi connectivity index (χ1v) is 6.69. The molecule has 2 aliphatic heterocycles. The van der Waals surface area contributed by atoms with Crippen molar-refractivity contribution in [2.75, 3.05) is 13.1 Å². The summed E-state index contributed by atoms with van der Waals surface area (Å²) >= 11 is 0. The SMILES string of the molecule is CC(=O)N[C@H]1CCCN(C2OC2OC(C)(C)C)C1. The molecule has 0 saturated carbocycles. The summed E-state index contributed by atoms with van der Waals surface area (Å²) in [5, 5.41) is 2.98. The average molecular weight is 256 g/mol. The third kappa shape index (κ3) is 3.93. The van der Waals surface area contributed by atoms with E-state index in [0.717, 1.165) is 25.9 Å². The molecule has 5 heteroatoms. The number of ether oxygens (including phenoxy) is 2. The molecule has 0 bridgehead atoms. The third-order valence-electron chi connectivity index (χ3n) is 3.12. The minimum atomic E-state index is -0.174. The number of hydrogen-bond donors (Lipinski definition) is 1. The maximum atomic E-state index is 11.1. The van der Waals surface area contributed by atoms with Crippen LogP contribution in [0.4, 0.5) is 0 Å². The number of carbonyl (C=O) groups is 1. The summed E-state index contributed by atoms with van der Waals surface area (Å²) in [7, 11) is 0. The van der Waals surface area contributed by atoms with Crippen molar-refractivity contribution in [3.05, 3.63) is 0 Å². The van der Waals surface area contributed by atoms with Crippen molar-refractivity contribution < 1.29 is 14.3 Å². The van der Waals surface area contributed by atoms with E-state index in [4.69, 9.17) is 9.47 Å². The highest BCUT2D eigenvalue weighted by atomic mass is 16.8. The number of nitrogens with one attached hydrogen (secondary N) is 1. The second kappa shape index (κ2) is 5.15. The molecule has 2 saturated heterocycles. The highest BCUT2D eigenvalue weighted by Crippen LogP contribution is 2.32. The van der Waals surface area contributed by atoms with Gasteiger partial charge in [-0.05, 0) is 33.6 Å². The summed E-state index contributed by atoms with van der Waals surface area (Å²) in [5.41, 5.74) is -0.174. The fraction of sp³-hybridized carbons (Fsp3) is 0.923. The molecule has 0 aromatic heterocycles. The second-order valence-corrected chi connectivity index (χ2v) is 6.16. The van der Waals surface area contributed by atoms with E-state index in [1.54, 1.807) is 6.92 Å². The Morgan fingerprint density at radius 2 is 2.17 bits per heavy atom. The number of likely N-dealkylation sites (tertiary alicyclic amines) is 1. The molecule has 0 aromatic carbocycles. The first-order chi connectivity index (χ1) is 8.35. The van der Waals surface area contributed by atoms with Crippen molar-refractivity contribution in [1.82, 2.24) is 10.2 Å². The molecule has 18 heavy (non-hydrogen) atoms. The molecule has 3 atom stereocenters. The zero-order chi connectivity index (χ0) is 13.3. The molecule has 2 unspecified atom stereocenters. The van der Waals surface area contributed by atoms with Crippen LogP contribution in [0.1, 0.15) is 40.5 Å². The zero-order valence-electron chi connectivity index (χ0n) is 11.7. The molecular weight excluding hydrogens is 232 g/mol. The van der Waals surface area contributed by atoms with Gasteiger partial charge in [-0.2, -0.15) is 0 Å². The maximum Gasteiger partial charge on any atom is 0.217 e. The van der Waals surface area contributed by atoms with Crippen molar-refractivity contribution in [2.45, 2.75) is 64.7 Å². The Balaban J connectivity index is 1.79. The molecule has 0 spiro atoms. The molecule has 0 aliphatic carbocycles. The Morgan fingerprint density at radius 1 is 1.44 bits per heavy atom. The summed E-state index contributed by atoms with van der Waals surface area (Å²) in [6.07, 6.45) is 2.10. The van der Waals surface area contributed by atoms with Gasteiger partial charge in [0.05, 0.1) is 5.60 Å². The van der Waals surface area contributed by atoms with Crippen molar-refractivity contribution in [3.63, 3.8) is 0 Å². The summed E-state index contributed by atoms with van der Waals surface area (Å²) in [6.45, 7) is 9.53. The third-order valence-corrected chi connectivity index (χ3v) is 3.12. The van der Waals surface area contributed by atoms with Gasteiger partial charge in [0, 0.05) is 26.1 Å². The molecule has 2 fully saturated rings. The molecular formula is C13H24N2O3. The first-order valence-electron chi connectivity index (χ1n) is 6.69. The number of nitrogens with zero attached hydrogens (tertiary/aromatic N) is 1. The quantitative estimate of drug-likeness (QED) is 0.768. The van der Waals surface area contributed by atoms with E-state index in [9.17, 15) is 4.79 Å². The predicted octanol–water partition coefficient (Wildman–Crippen LogP) is 1.08. The molecule has 1 amide bonds. The molecule has 2 rings (SSSR count). The van der Waals surface area contributed by atoms with Crippen molar-refractivity contribution in [1.29, 1.82) is 0 Å². The van der Waals surface area contributed by atoms with E-state index in [0.29, 0.717) is 0 Å². The smallest absolute Gasteiger partial charge is 0.217 e. The lowest BCUT2D eigenvalue weighted by atomic mass is 10.1. The van der Waals surface area contributed by atoms with Gasteiger partial charge in [-0.3, -0.25) is 9.69 Å². The number of piperidine rings is 1. The molecule has 2 heterocycles. The van der Waals surface area contributed by atoms with Gasteiger partial charge in [-0.25, -0.2) is 0 Å². The Kier molecular flexibility index (Phi) is 3.94. The molecule has 2 aliphatic rings. The number of carbonyl (C=O) groups excluding carboxylic acids is 1. The number of epoxide rings is 1. The van der Waals surface area contributed by atoms with E-state index in [1.165, 1.54) is 0 Å². The second-order valence-electron chi connectivity index (χ2n) is 6.16. The topological polar surface area (TPSA) is 54.1 Å². The van der Waals surface area contributed by atoms with Gasteiger partial charge in [0.1, 0.15) is 0 Å². The Labute approximate surface area is 109 Å². The van der Waals surface area contributed by atoms with Gasteiger partial charge in [-0.15, -0.1) is 0 Å². The molecule has 0 aromatic rings. The van der Waals surface area contributed by atoms with E-state index in [2.05, 4.69) is 10.2 Å². The van der Waals surface area contributed by atoms with Gasteiger partial charge in [0.15, 0.2) is 12.5 Å². The number of rotatable bonds is 3. The van der Waals surface area contributed by atoms with Crippen LogP contribution < -0.4 is 5.32 Å². The lowest BCUT2D eigenvalue weighted by Gasteiger charge is -2.32. The van der Waals surface area contributed by atoms with Gasteiger partial charge in [0.2, 0.25) is 5.91 Å². The Bertz CT molecular complexity index is 314. The molecule has 5 nitrogen and oxygen atoms in total. The minimum absolute atomic E-state index is 0.0426. The highest BCUT2D eigenvalue weighted by molar-refractivity contribution is 5.73. The number of hydrogen-bond acceptors (Lipinski definition) is 4. The lowest BCUT2D eigenvalue weighted by molar-refractivity contribution is -0.120. The predicted molar refractivity (Wildman–Crippen MR) is 67.9 cm³/mol. The van der Waals surface area contributed by atoms with Gasteiger partial charge < -0.3 is 14.8 Å². The zero-order valence-corrected chi connectivity index (χ0v) is 11.7. The van der Waals surface area contributed by atoms with E-state index in [-0.39, 0.29) is 30.1 Å². The maximum absolute atomic E-state index is 11.1. The molecule has 0 radical (unpaired) electrons. The van der Waals surface area contributed by atoms with Crippen LogP contribution in [0.25, 0.3) is 0 Å². The van der Waals surface area contributed by atoms with E-state index >= 15 is 0 Å². The Hall–Kier alpha value is -0.650. The van der Waals surface area contributed by atoms with Crippen LogP contribution in [0, 0.1) is 0 Å². The van der Waals surface area contributed by atoms with E-state index < -0.39 is 0 Å². The van der Waals surface area contributed by atoms with Gasteiger partial charge in [-0.1, -0.05) is 0 Å². The summed E-state index contributed by atoms with van der Waals surface area (Å²) in [6, 6.07) is 0.246. The van der Waals surface area contributed by atoms with Crippen molar-refractivity contribution in [3.8, 4) is 0 Å². The first kappa shape index (κ1) is 13.8. The van der Waals surface area contributed by atoms with Crippen LogP contribution in [0.15, 0.2) is 0 Å². The van der Waals surface area contributed by atoms with Gasteiger partial charge in [0.25, 0.3) is 0 Å². The van der Waals surface area contributed by atoms with Crippen LogP contribution >= 0.6 is 0 Å². The summed E-state index contributed by atoms with van der Waals surface area (Å²) in [4.78, 5) is 13.3. The Morgan fingerprint density at radius 3 is 2.78 bits per heavy atom. The van der Waals surface area contributed by atoms with E-state index in [1.807, 2.05) is 20.8 Å². The fourth-order valence-corrected chi connectivity index (χ4v) is 2.43. The van der Waals surface area contributed by atoms with Gasteiger partial charge >= 0.3 is 0 Å². The minimum Gasteiger partial charge on any atom is -0.352 e. The monoisotopic (exact) mass is 256 g/mol. The van der Waals surface area contributed by atoms with Crippen LogP contribution in [-0.2, 0) is 14.3 Å². The van der Waals surface area contributed by atoms with Crippen LogP contribution in [-0.4, -0.2) is 48.1 Å². The van der Waals surface area contributed by atoms with Crippen LogP contribution in [0.3, 0.4) is 0 Å². The lowest BCUT2D eigenvalue weighted by Crippen LogP contribution is -2.48. The van der Waals surface area contributed by atoms with Crippen molar-refractivity contribution >= 4 is 5.91 Å². The highest BCUT2D eigenvalue weighted by Gasteiger charge is 2.47. The van der Waals surface area contributed by atoms with Crippen molar-refractivity contribution in [2.24, 2.45) is 0 Å². The molecule has 1 N–H and O–H groups in total. The largest absolute Gasteiger partial charge is 0.352 e. The number of amides is 1. The summed E-state index contributed by atoms with van der Waals surface area (Å²) < 4.78 is 11.4. The summed E-state index contributed by atoms with van der Waals surface area (Å²) in [5.74, 6) is 0.0426.